The van der Waals surface area contributed by atoms with Crippen LogP contribution in [0, 0.1) is 6.92 Å². The van der Waals surface area contributed by atoms with Crippen molar-refractivity contribution in [3.8, 4) is 0 Å². The Morgan fingerprint density at radius 3 is 2.95 bits per heavy atom. The first-order valence-corrected chi connectivity index (χ1v) is 6.48. The third-order valence-corrected chi connectivity index (χ3v) is 3.64. The summed E-state index contributed by atoms with van der Waals surface area (Å²) < 4.78 is 2.07. The molecule has 0 aliphatic heterocycles. The number of aromatic nitrogens is 3. The summed E-state index contributed by atoms with van der Waals surface area (Å²) in [5.41, 5.74) is 3.76. The Hall–Kier alpha value is -2.56. The molecule has 5 heteroatoms. The highest BCUT2D eigenvalue weighted by molar-refractivity contribution is 6.05. The van der Waals surface area contributed by atoms with Crippen LogP contribution in [0.25, 0.3) is 10.9 Å². The van der Waals surface area contributed by atoms with Crippen molar-refractivity contribution < 1.29 is 4.79 Å². The molecule has 0 unspecified atom stereocenters. The highest BCUT2D eigenvalue weighted by Crippen LogP contribution is 2.16. The summed E-state index contributed by atoms with van der Waals surface area (Å²) in [6, 6.07) is 9.62. The fraction of sp³-hybridized carbons (Fsp3) is 0.200. The fourth-order valence-electron chi connectivity index (χ4n) is 2.28. The molecular formula is C15H16N4O. The average Bonchev–Trinajstić information content (AvgIpc) is 3.04. The maximum Gasteiger partial charge on any atom is 0.252 e. The van der Waals surface area contributed by atoms with Crippen molar-refractivity contribution in [1.82, 2.24) is 20.1 Å². The second kappa shape index (κ2) is 4.85. The van der Waals surface area contributed by atoms with Crippen molar-refractivity contribution in [3.63, 3.8) is 0 Å². The van der Waals surface area contributed by atoms with Gasteiger partial charge in [0.15, 0.2) is 0 Å². The Morgan fingerprint density at radius 2 is 2.20 bits per heavy atom. The normalized spacial score (nSPS) is 10.9. The standard InChI is InChI=1S/C15H16N4O/c1-10-6-7-11(19(10)2)8-16-15(20)12-4-3-5-14-13(12)9-17-18-14/h3-7,9H,8H2,1-2H3,(H,16,20)(H,17,18). The molecule has 3 aromatic rings. The molecule has 0 radical (unpaired) electrons. The lowest BCUT2D eigenvalue weighted by Gasteiger charge is -2.08. The molecule has 1 aromatic carbocycles. The molecule has 20 heavy (non-hydrogen) atoms. The molecule has 0 saturated heterocycles. The van der Waals surface area contributed by atoms with Gasteiger partial charge in [-0.2, -0.15) is 5.10 Å². The first kappa shape index (κ1) is 12.5. The lowest BCUT2D eigenvalue weighted by Crippen LogP contribution is -2.24. The number of hydrogen-bond acceptors (Lipinski definition) is 2. The van der Waals surface area contributed by atoms with Crippen LogP contribution in [0.2, 0.25) is 0 Å². The zero-order chi connectivity index (χ0) is 14.1. The van der Waals surface area contributed by atoms with E-state index in [4.69, 9.17) is 0 Å². The highest BCUT2D eigenvalue weighted by atomic mass is 16.1. The van der Waals surface area contributed by atoms with Crippen molar-refractivity contribution in [3.05, 3.63) is 53.5 Å². The Bertz CT molecular complexity index is 769. The predicted molar refractivity (Wildman–Crippen MR) is 77.4 cm³/mol. The van der Waals surface area contributed by atoms with Crippen molar-refractivity contribution in [1.29, 1.82) is 0 Å². The zero-order valence-electron chi connectivity index (χ0n) is 11.5. The molecule has 0 saturated carbocycles. The number of aromatic amines is 1. The molecule has 0 bridgehead atoms. The van der Waals surface area contributed by atoms with Crippen LogP contribution in [0.4, 0.5) is 0 Å². The lowest BCUT2D eigenvalue weighted by molar-refractivity contribution is 0.0952. The fourth-order valence-corrected chi connectivity index (χ4v) is 2.28. The number of H-pyrrole nitrogens is 1. The third kappa shape index (κ3) is 2.07. The second-order valence-corrected chi connectivity index (χ2v) is 4.84. The molecule has 2 heterocycles. The highest BCUT2D eigenvalue weighted by Gasteiger charge is 2.11. The van der Waals surface area contributed by atoms with Gasteiger partial charge in [-0.3, -0.25) is 9.89 Å². The van der Waals surface area contributed by atoms with E-state index in [1.165, 1.54) is 5.69 Å². The van der Waals surface area contributed by atoms with Crippen molar-refractivity contribution in [2.24, 2.45) is 7.05 Å². The van der Waals surface area contributed by atoms with Gasteiger partial charge in [0, 0.05) is 23.8 Å². The van der Waals surface area contributed by atoms with Crippen molar-refractivity contribution >= 4 is 16.8 Å². The summed E-state index contributed by atoms with van der Waals surface area (Å²) >= 11 is 0. The molecule has 2 N–H and O–H groups in total. The van der Waals surface area contributed by atoms with Crippen LogP contribution in [0.1, 0.15) is 21.7 Å². The smallest absolute Gasteiger partial charge is 0.252 e. The molecule has 3 rings (SSSR count). The van der Waals surface area contributed by atoms with Crippen molar-refractivity contribution in [2.75, 3.05) is 0 Å². The zero-order valence-corrected chi connectivity index (χ0v) is 11.5. The molecule has 0 spiro atoms. The third-order valence-electron chi connectivity index (χ3n) is 3.64. The Morgan fingerprint density at radius 1 is 1.35 bits per heavy atom. The molecular weight excluding hydrogens is 252 g/mol. The van der Waals surface area contributed by atoms with E-state index in [0.29, 0.717) is 12.1 Å². The summed E-state index contributed by atoms with van der Waals surface area (Å²) in [7, 11) is 1.99. The Labute approximate surface area is 116 Å². The minimum absolute atomic E-state index is 0.0872. The summed E-state index contributed by atoms with van der Waals surface area (Å²) in [6.07, 6.45) is 1.68. The van der Waals surface area contributed by atoms with Gasteiger partial charge in [0.05, 0.1) is 23.8 Å². The molecule has 0 atom stereocenters. The largest absolute Gasteiger partial charge is 0.350 e. The molecule has 0 aliphatic carbocycles. The molecule has 0 aliphatic rings. The van der Waals surface area contributed by atoms with Crippen LogP contribution in [-0.4, -0.2) is 20.7 Å². The van der Waals surface area contributed by atoms with Gasteiger partial charge in [0.1, 0.15) is 0 Å². The SMILES string of the molecule is Cc1ccc(CNC(=O)c2cccc3[nH]ncc23)n1C. The van der Waals surface area contributed by atoms with Gasteiger partial charge in [-0.25, -0.2) is 0 Å². The molecule has 2 aromatic heterocycles. The molecule has 0 fully saturated rings. The van der Waals surface area contributed by atoms with Gasteiger partial charge in [-0.05, 0) is 31.2 Å². The number of aryl methyl sites for hydroxylation is 1. The van der Waals surface area contributed by atoms with E-state index in [9.17, 15) is 4.79 Å². The van der Waals surface area contributed by atoms with E-state index in [2.05, 4.69) is 20.1 Å². The van der Waals surface area contributed by atoms with Gasteiger partial charge in [-0.1, -0.05) is 6.07 Å². The van der Waals surface area contributed by atoms with Gasteiger partial charge in [-0.15, -0.1) is 0 Å². The number of nitrogens with one attached hydrogen (secondary N) is 2. The van der Waals surface area contributed by atoms with Gasteiger partial charge < -0.3 is 9.88 Å². The quantitative estimate of drug-likeness (QED) is 0.764. The minimum atomic E-state index is -0.0872. The van der Waals surface area contributed by atoms with Crippen LogP contribution in [0.15, 0.2) is 36.5 Å². The number of rotatable bonds is 3. The van der Waals surface area contributed by atoms with E-state index in [1.807, 2.05) is 44.3 Å². The Balaban J connectivity index is 1.80. The summed E-state index contributed by atoms with van der Waals surface area (Å²) in [6.45, 7) is 2.55. The number of nitrogens with zero attached hydrogens (tertiary/aromatic N) is 2. The number of carbonyl (C=O) groups excluding carboxylic acids is 1. The molecule has 5 nitrogen and oxygen atoms in total. The van der Waals surface area contributed by atoms with Crippen LogP contribution < -0.4 is 5.32 Å². The number of fused-ring (bicyclic) bond motifs is 1. The second-order valence-electron chi connectivity index (χ2n) is 4.84. The van der Waals surface area contributed by atoms with Crippen LogP contribution in [0.5, 0.6) is 0 Å². The topological polar surface area (TPSA) is 62.7 Å². The minimum Gasteiger partial charge on any atom is -0.350 e. The van der Waals surface area contributed by atoms with Crippen LogP contribution in [0.3, 0.4) is 0 Å². The molecule has 1 amide bonds. The summed E-state index contributed by atoms with van der Waals surface area (Å²) in [4.78, 5) is 12.3. The van der Waals surface area contributed by atoms with E-state index < -0.39 is 0 Å². The summed E-state index contributed by atoms with van der Waals surface area (Å²) in [5.74, 6) is -0.0872. The van der Waals surface area contributed by atoms with E-state index in [0.717, 1.165) is 16.6 Å². The van der Waals surface area contributed by atoms with E-state index in [1.54, 1.807) is 6.20 Å². The van der Waals surface area contributed by atoms with E-state index >= 15 is 0 Å². The Kier molecular flexibility index (Phi) is 3.02. The number of hydrogen-bond donors (Lipinski definition) is 2. The van der Waals surface area contributed by atoms with Crippen LogP contribution in [-0.2, 0) is 13.6 Å². The number of amides is 1. The predicted octanol–water partition coefficient (Wildman–Crippen LogP) is 2.14. The number of carbonyl (C=O) groups is 1. The van der Waals surface area contributed by atoms with Crippen LogP contribution >= 0.6 is 0 Å². The summed E-state index contributed by atoms with van der Waals surface area (Å²) in [5, 5.41) is 10.6. The monoisotopic (exact) mass is 268 g/mol. The first-order chi connectivity index (χ1) is 9.66. The lowest BCUT2D eigenvalue weighted by atomic mass is 10.1. The van der Waals surface area contributed by atoms with Gasteiger partial charge in [0.2, 0.25) is 0 Å². The maximum absolute atomic E-state index is 12.3. The van der Waals surface area contributed by atoms with Gasteiger partial charge >= 0.3 is 0 Å². The van der Waals surface area contributed by atoms with E-state index in [-0.39, 0.29) is 5.91 Å². The van der Waals surface area contributed by atoms with Gasteiger partial charge in [0.25, 0.3) is 5.91 Å². The maximum atomic E-state index is 12.3. The average molecular weight is 268 g/mol. The molecule has 102 valence electrons. The first-order valence-electron chi connectivity index (χ1n) is 6.48. The van der Waals surface area contributed by atoms with Crippen molar-refractivity contribution in [2.45, 2.75) is 13.5 Å². The number of benzene rings is 1.